The van der Waals surface area contributed by atoms with Gasteiger partial charge in [-0.1, -0.05) is 54.1 Å². The highest BCUT2D eigenvalue weighted by Gasteiger charge is 2.19. The lowest BCUT2D eigenvalue weighted by molar-refractivity contribution is 0.631. The van der Waals surface area contributed by atoms with E-state index in [-0.39, 0.29) is 11.4 Å². The Kier molecular flexibility index (Phi) is 4.41. The van der Waals surface area contributed by atoms with Gasteiger partial charge < -0.3 is 4.98 Å². The molecule has 2 heterocycles. The van der Waals surface area contributed by atoms with E-state index in [1.165, 1.54) is 18.6 Å². The van der Waals surface area contributed by atoms with E-state index < -0.39 is 0 Å². The number of hydrogen-bond donors (Lipinski definition) is 1. The Balaban J connectivity index is 1.88. The Morgan fingerprint density at radius 1 is 0.967 bits per heavy atom. The van der Waals surface area contributed by atoms with E-state index in [4.69, 9.17) is 11.6 Å². The van der Waals surface area contributed by atoms with Crippen molar-refractivity contribution in [2.75, 3.05) is 0 Å². The van der Waals surface area contributed by atoms with Crippen LogP contribution in [0.1, 0.15) is 0 Å². The maximum Gasteiger partial charge on any atom is 0.261 e. The van der Waals surface area contributed by atoms with Gasteiger partial charge in [0.15, 0.2) is 5.65 Å². The van der Waals surface area contributed by atoms with E-state index in [0.29, 0.717) is 32.9 Å². The molecule has 0 saturated carbocycles. The van der Waals surface area contributed by atoms with Gasteiger partial charge in [0.2, 0.25) is 0 Å². The second kappa shape index (κ2) is 7.24. The Hall–Kier alpha value is -3.77. The van der Waals surface area contributed by atoms with Crippen LogP contribution >= 0.6 is 11.6 Å². The first-order valence-electron chi connectivity index (χ1n) is 9.19. The van der Waals surface area contributed by atoms with Gasteiger partial charge in [-0.2, -0.15) is 5.10 Å². The van der Waals surface area contributed by atoms with Crippen LogP contribution in [0.4, 0.5) is 4.39 Å². The lowest BCUT2D eigenvalue weighted by Gasteiger charge is -2.17. The molecule has 146 valence electrons. The second-order valence-electron chi connectivity index (χ2n) is 6.72. The van der Waals surface area contributed by atoms with Crippen LogP contribution in [0.5, 0.6) is 0 Å². The molecule has 0 bridgehead atoms. The monoisotopic (exact) mass is 416 g/mol. The highest BCUT2D eigenvalue weighted by atomic mass is 35.5. The van der Waals surface area contributed by atoms with E-state index in [2.05, 4.69) is 15.1 Å². The van der Waals surface area contributed by atoms with Crippen molar-refractivity contribution in [2.24, 2.45) is 0 Å². The molecule has 5 nitrogen and oxygen atoms in total. The molecule has 2 aromatic heterocycles. The van der Waals surface area contributed by atoms with Gasteiger partial charge in [0.1, 0.15) is 11.2 Å². The van der Waals surface area contributed by atoms with Gasteiger partial charge in [0.05, 0.1) is 18.2 Å². The fourth-order valence-corrected chi connectivity index (χ4v) is 3.78. The first-order valence-corrected chi connectivity index (χ1v) is 9.57. The fraction of sp³-hybridized carbons (Fsp3) is 0. The average molecular weight is 417 g/mol. The normalized spacial score (nSPS) is 11.1. The van der Waals surface area contributed by atoms with Crippen molar-refractivity contribution in [3.63, 3.8) is 0 Å². The molecule has 0 aliphatic heterocycles. The van der Waals surface area contributed by atoms with Gasteiger partial charge in [-0.15, -0.1) is 0 Å². The molecule has 0 atom stereocenters. The fourth-order valence-electron chi connectivity index (χ4n) is 3.59. The molecule has 5 aromatic rings. The van der Waals surface area contributed by atoms with Crippen LogP contribution in [0.3, 0.4) is 0 Å². The lowest BCUT2D eigenvalue weighted by Crippen LogP contribution is -2.07. The quantitative estimate of drug-likeness (QED) is 0.437. The summed E-state index contributed by atoms with van der Waals surface area (Å²) < 4.78 is 16.5. The van der Waals surface area contributed by atoms with Gasteiger partial charge in [-0.3, -0.25) is 4.79 Å². The molecule has 30 heavy (non-hydrogen) atoms. The third-order valence-corrected chi connectivity index (χ3v) is 5.16. The predicted octanol–water partition coefficient (Wildman–Crippen LogP) is 5.24. The summed E-state index contributed by atoms with van der Waals surface area (Å²) >= 11 is 6.22. The van der Waals surface area contributed by atoms with E-state index in [9.17, 15) is 9.18 Å². The predicted molar refractivity (Wildman–Crippen MR) is 115 cm³/mol. The van der Waals surface area contributed by atoms with Crippen LogP contribution in [0, 0.1) is 5.82 Å². The summed E-state index contributed by atoms with van der Waals surface area (Å²) in [5.41, 5.74) is 3.37. The molecule has 3 aromatic carbocycles. The summed E-state index contributed by atoms with van der Waals surface area (Å²) in [6.45, 7) is 0. The van der Waals surface area contributed by atoms with Crippen LogP contribution in [-0.2, 0) is 0 Å². The highest BCUT2D eigenvalue weighted by Crippen LogP contribution is 2.39. The van der Waals surface area contributed by atoms with Crippen LogP contribution in [-0.4, -0.2) is 19.7 Å². The minimum Gasteiger partial charge on any atom is -0.312 e. The summed E-state index contributed by atoms with van der Waals surface area (Å²) in [7, 11) is 0. The van der Waals surface area contributed by atoms with Gasteiger partial charge in [0, 0.05) is 16.1 Å². The molecule has 0 unspecified atom stereocenters. The van der Waals surface area contributed by atoms with Crippen LogP contribution in [0.2, 0.25) is 5.02 Å². The number of rotatable bonds is 3. The van der Waals surface area contributed by atoms with Crippen LogP contribution in [0.15, 0.2) is 84.0 Å². The van der Waals surface area contributed by atoms with E-state index >= 15 is 0 Å². The van der Waals surface area contributed by atoms with Crippen molar-refractivity contribution in [3.8, 4) is 27.9 Å². The number of nitrogens with one attached hydrogen (secondary N) is 1. The lowest BCUT2D eigenvalue weighted by atomic mass is 9.92. The van der Waals surface area contributed by atoms with Crippen molar-refractivity contribution in [3.05, 3.63) is 100 Å². The molecule has 0 saturated heterocycles. The van der Waals surface area contributed by atoms with Gasteiger partial charge >= 0.3 is 0 Å². The number of nitrogens with zero attached hydrogens (tertiary/aromatic N) is 3. The smallest absolute Gasteiger partial charge is 0.261 e. The van der Waals surface area contributed by atoms with Crippen molar-refractivity contribution in [1.82, 2.24) is 19.7 Å². The number of fused-ring (bicyclic) bond motifs is 1. The second-order valence-corrected chi connectivity index (χ2v) is 7.15. The summed E-state index contributed by atoms with van der Waals surface area (Å²) in [5.74, 6) is -0.365. The molecule has 0 spiro atoms. The Bertz CT molecular complexity index is 1460. The zero-order valence-electron chi connectivity index (χ0n) is 15.5. The molecular weight excluding hydrogens is 403 g/mol. The average Bonchev–Trinajstić information content (AvgIpc) is 3.19. The molecule has 0 amide bonds. The molecular formula is C23H14ClFN4O. The minimum absolute atomic E-state index is 0.287. The van der Waals surface area contributed by atoms with E-state index in [1.807, 2.05) is 36.4 Å². The number of halogens is 2. The van der Waals surface area contributed by atoms with Gasteiger partial charge in [-0.05, 0) is 35.4 Å². The highest BCUT2D eigenvalue weighted by molar-refractivity contribution is 6.30. The molecule has 5 rings (SSSR count). The molecule has 1 N–H and O–H groups in total. The third-order valence-electron chi connectivity index (χ3n) is 4.92. The molecule has 0 aliphatic rings. The summed E-state index contributed by atoms with van der Waals surface area (Å²) in [6.07, 6.45) is 2.78. The Labute approximate surface area is 175 Å². The Morgan fingerprint density at radius 3 is 2.60 bits per heavy atom. The van der Waals surface area contributed by atoms with Crippen molar-refractivity contribution < 1.29 is 4.39 Å². The molecule has 0 radical (unpaired) electrons. The third kappa shape index (κ3) is 2.98. The largest absolute Gasteiger partial charge is 0.312 e. The van der Waals surface area contributed by atoms with Crippen LogP contribution in [0.25, 0.3) is 39.0 Å². The first-order chi connectivity index (χ1) is 14.6. The van der Waals surface area contributed by atoms with E-state index in [0.717, 1.165) is 11.1 Å². The van der Waals surface area contributed by atoms with E-state index in [1.54, 1.807) is 28.9 Å². The summed E-state index contributed by atoms with van der Waals surface area (Å²) in [4.78, 5) is 19.0. The standard InChI is InChI=1S/C23H14ClFN4O/c24-15-6-3-5-14(11-15)16-8-4-10-20(21(16)17-7-1-2-9-19(17)25)29-22-18(12-28-29)23(30)27-13-26-22/h1-13H,(H,26,27,30). The number of aromatic nitrogens is 4. The number of aromatic amines is 1. The SMILES string of the molecule is O=c1[nH]cnc2c1cnn2-c1cccc(-c2cccc(Cl)c2)c1-c1ccccc1F. The number of hydrogen-bond acceptors (Lipinski definition) is 3. The maximum atomic E-state index is 14.9. The molecule has 0 fully saturated rings. The zero-order valence-corrected chi connectivity index (χ0v) is 16.3. The maximum absolute atomic E-state index is 14.9. The summed E-state index contributed by atoms with van der Waals surface area (Å²) in [5, 5.41) is 5.31. The first kappa shape index (κ1) is 18.3. The van der Waals surface area contributed by atoms with Crippen molar-refractivity contribution >= 4 is 22.6 Å². The minimum atomic E-state index is -0.365. The van der Waals surface area contributed by atoms with Crippen LogP contribution < -0.4 is 5.56 Å². The number of H-pyrrole nitrogens is 1. The van der Waals surface area contributed by atoms with Crippen molar-refractivity contribution in [1.29, 1.82) is 0 Å². The van der Waals surface area contributed by atoms with Gasteiger partial charge in [-0.25, -0.2) is 14.1 Å². The topological polar surface area (TPSA) is 63.6 Å². The molecule has 0 aliphatic carbocycles. The Morgan fingerprint density at radius 2 is 1.77 bits per heavy atom. The zero-order chi connectivity index (χ0) is 20.7. The van der Waals surface area contributed by atoms with Crippen molar-refractivity contribution in [2.45, 2.75) is 0 Å². The summed E-state index contributed by atoms with van der Waals surface area (Å²) in [6, 6.07) is 19.5. The van der Waals surface area contributed by atoms with Gasteiger partial charge in [0.25, 0.3) is 5.56 Å². The molecule has 7 heteroatoms. The number of benzene rings is 3.